The molecular formula is C19H27N5O2. The average molecular weight is 357 g/mol. The van der Waals surface area contributed by atoms with Crippen molar-refractivity contribution in [1.82, 2.24) is 25.3 Å². The van der Waals surface area contributed by atoms with Crippen LogP contribution in [0.25, 0.3) is 0 Å². The Hall–Kier alpha value is -1.89. The largest absolute Gasteiger partial charge is 0.341 e. The summed E-state index contributed by atoms with van der Waals surface area (Å²) in [6.07, 6.45) is 4.48. The minimum Gasteiger partial charge on any atom is -0.341 e. The Morgan fingerprint density at radius 2 is 2.15 bits per heavy atom. The molecule has 2 N–H and O–H groups in total. The lowest BCUT2D eigenvalue weighted by Crippen LogP contribution is -2.48. The molecule has 5 rings (SSSR count). The zero-order valence-electron chi connectivity index (χ0n) is 15.3. The van der Waals surface area contributed by atoms with Crippen LogP contribution < -0.4 is 5.32 Å². The van der Waals surface area contributed by atoms with Gasteiger partial charge in [0.15, 0.2) is 0 Å². The second-order valence-corrected chi connectivity index (χ2v) is 8.73. The van der Waals surface area contributed by atoms with E-state index in [-0.39, 0.29) is 23.7 Å². The molecule has 4 aliphatic rings. The van der Waals surface area contributed by atoms with Crippen LogP contribution in [-0.2, 0) is 16.1 Å². The molecule has 0 spiro atoms. The first-order valence-electron chi connectivity index (χ1n) is 9.86. The van der Waals surface area contributed by atoms with Gasteiger partial charge in [0.25, 0.3) is 0 Å². The summed E-state index contributed by atoms with van der Waals surface area (Å²) in [5, 5.41) is 10.9. The number of carbonyl (C=O) groups is 2. The van der Waals surface area contributed by atoms with E-state index < -0.39 is 5.41 Å². The summed E-state index contributed by atoms with van der Waals surface area (Å²) < 4.78 is 0. The van der Waals surface area contributed by atoms with Crippen molar-refractivity contribution < 1.29 is 9.59 Å². The maximum absolute atomic E-state index is 13.4. The molecule has 3 heterocycles. The fourth-order valence-electron chi connectivity index (χ4n) is 4.73. The van der Waals surface area contributed by atoms with Crippen molar-refractivity contribution >= 4 is 11.8 Å². The van der Waals surface area contributed by atoms with Gasteiger partial charge in [0, 0.05) is 51.0 Å². The fraction of sp³-hybridized carbons (Fsp3) is 0.737. The zero-order chi connectivity index (χ0) is 17.9. The second-order valence-electron chi connectivity index (χ2n) is 8.73. The van der Waals surface area contributed by atoms with Gasteiger partial charge in [0.1, 0.15) is 0 Å². The lowest BCUT2D eigenvalue weighted by molar-refractivity contribution is -0.141. The van der Waals surface area contributed by atoms with E-state index in [1.165, 1.54) is 12.8 Å². The van der Waals surface area contributed by atoms with Gasteiger partial charge in [-0.2, -0.15) is 5.10 Å². The van der Waals surface area contributed by atoms with Crippen LogP contribution in [0.5, 0.6) is 0 Å². The standard InChI is InChI=1S/C19H27N5O2/c1-23(9-15-6-16(22-21-15)12-2-3-12)18(26)19-10-20-7-14(19)8-24(11-19)17(25)13-4-5-13/h6,12-14,20H,2-5,7-11H2,1H3,(H,21,22)/t14-,19-/m1/s1. The summed E-state index contributed by atoms with van der Waals surface area (Å²) in [5.41, 5.74) is 1.66. The average Bonchev–Trinajstić information content (AvgIpc) is 3.53. The fourth-order valence-corrected chi connectivity index (χ4v) is 4.73. The SMILES string of the molecule is CN(Cc1cc(C2CC2)n[nH]1)C(=O)[C@@]12CNC[C@@H]1CN(C(=O)C1CC1)C2. The number of likely N-dealkylation sites (tertiary alicyclic amines) is 1. The number of nitrogens with zero attached hydrogens (tertiary/aromatic N) is 3. The molecule has 2 saturated heterocycles. The number of rotatable bonds is 5. The molecule has 7 heteroatoms. The van der Waals surface area contributed by atoms with Crippen LogP contribution >= 0.6 is 0 Å². The van der Waals surface area contributed by atoms with Crippen molar-refractivity contribution in [2.24, 2.45) is 17.3 Å². The van der Waals surface area contributed by atoms with Crippen molar-refractivity contribution in [3.63, 3.8) is 0 Å². The van der Waals surface area contributed by atoms with Gasteiger partial charge < -0.3 is 15.1 Å². The van der Waals surface area contributed by atoms with Crippen molar-refractivity contribution in [3.8, 4) is 0 Å². The molecule has 1 aromatic rings. The highest BCUT2D eigenvalue weighted by Crippen LogP contribution is 2.43. The van der Waals surface area contributed by atoms with Crippen LogP contribution in [0.2, 0.25) is 0 Å². The molecule has 1 aromatic heterocycles. The topological polar surface area (TPSA) is 81.3 Å². The van der Waals surface area contributed by atoms with Gasteiger partial charge in [-0.3, -0.25) is 14.7 Å². The molecule has 2 aliphatic carbocycles. The van der Waals surface area contributed by atoms with Gasteiger partial charge in [-0.1, -0.05) is 0 Å². The van der Waals surface area contributed by atoms with Crippen molar-refractivity contribution in [2.45, 2.75) is 38.1 Å². The quantitative estimate of drug-likeness (QED) is 0.813. The summed E-state index contributed by atoms with van der Waals surface area (Å²) in [5.74, 6) is 1.47. The van der Waals surface area contributed by atoms with Gasteiger partial charge in [-0.15, -0.1) is 0 Å². The van der Waals surface area contributed by atoms with Crippen LogP contribution in [0.4, 0.5) is 0 Å². The Bertz CT molecular complexity index is 738. The third-order valence-electron chi connectivity index (χ3n) is 6.59. The summed E-state index contributed by atoms with van der Waals surface area (Å²) in [6, 6.07) is 2.10. The van der Waals surface area contributed by atoms with Gasteiger partial charge in [-0.05, 0) is 31.7 Å². The predicted molar refractivity (Wildman–Crippen MR) is 95.1 cm³/mol. The maximum atomic E-state index is 13.4. The van der Waals surface area contributed by atoms with Crippen LogP contribution in [-0.4, -0.2) is 65.0 Å². The number of nitrogens with one attached hydrogen (secondary N) is 2. The monoisotopic (exact) mass is 357 g/mol. The van der Waals surface area contributed by atoms with Crippen LogP contribution in [0.1, 0.15) is 43.0 Å². The van der Waals surface area contributed by atoms with Crippen LogP contribution in [0, 0.1) is 17.3 Å². The molecule has 2 amide bonds. The lowest BCUT2D eigenvalue weighted by Gasteiger charge is -2.31. The zero-order valence-corrected chi connectivity index (χ0v) is 15.3. The third kappa shape index (κ3) is 2.64. The molecule has 2 atom stereocenters. The van der Waals surface area contributed by atoms with E-state index in [1.807, 2.05) is 16.8 Å². The molecule has 26 heavy (non-hydrogen) atoms. The normalized spacial score (nSPS) is 30.5. The number of aromatic amines is 1. The highest BCUT2D eigenvalue weighted by Gasteiger charge is 2.57. The summed E-state index contributed by atoms with van der Waals surface area (Å²) in [4.78, 5) is 29.6. The first-order chi connectivity index (χ1) is 12.6. The minimum absolute atomic E-state index is 0.154. The summed E-state index contributed by atoms with van der Waals surface area (Å²) in [6.45, 7) is 3.33. The van der Waals surface area contributed by atoms with Gasteiger partial charge in [0.05, 0.1) is 23.3 Å². The number of amides is 2. The number of hydrogen-bond acceptors (Lipinski definition) is 4. The Morgan fingerprint density at radius 1 is 1.35 bits per heavy atom. The highest BCUT2D eigenvalue weighted by atomic mass is 16.2. The maximum Gasteiger partial charge on any atom is 0.232 e. The highest BCUT2D eigenvalue weighted by molar-refractivity contribution is 5.87. The van der Waals surface area contributed by atoms with Crippen molar-refractivity contribution in [3.05, 3.63) is 17.5 Å². The van der Waals surface area contributed by atoms with E-state index in [2.05, 4.69) is 21.6 Å². The number of carbonyl (C=O) groups excluding carboxylic acids is 2. The molecule has 2 saturated carbocycles. The Kier molecular flexibility index (Phi) is 3.64. The Balaban J connectivity index is 1.29. The number of aromatic nitrogens is 2. The van der Waals surface area contributed by atoms with E-state index in [9.17, 15) is 9.59 Å². The second kappa shape index (κ2) is 5.81. The first kappa shape index (κ1) is 16.3. The first-order valence-corrected chi connectivity index (χ1v) is 9.86. The smallest absolute Gasteiger partial charge is 0.232 e. The van der Waals surface area contributed by atoms with Crippen LogP contribution in [0.15, 0.2) is 6.07 Å². The summed E-state index contributed by atoms with van der Waals surface area (Å²) >= 11 is 0. The van der Waals surface area contributed by atoms with Crippen molar-refractivity contribution in [2.75, 3.05) is 33.2 Å². The minimum atomic E-state index is -0.460. The van der Waals surface area contributed by atoms with Crippen LogP contribution in [0.3, 0.4) is 0 Å². The number of hydrogen-bond donors (Lipinski definition) is 2. The predicted octanol–water partition coefficient (Wildman–Crippen LogP) is 0.704. The van der Waals surface area contributed by atoms with E-state index >= 15 is 0 Å². The summed E-state index contributed by atoms with van der Waals surface area (Å²) in [7, 11) is 1.87. The molecule has 0 unspecified atom stereocenters. The molecule has 140 valence electrons. The molecular weight excluding hydrogens is 330 g/mol. The molecule has 0 radical (unpaired) electrons. The molecule has 0 aromatic carbocycles. The number of H-pyrrole nitrogens is 1. The van der Waals surface area contributed by atoms with E-state index in [4.69, 9.17) is 0 Å². The van der Waals surface area contributed by atoms with E-state index in [0.717, 1.165) is 37.3 Å². The van der Waals surface area contributed by atoms with E-state index in [0.29, 0.717) is 25.6 Å². The number of fused-ring (bicyclic) bond motifs is 1. The molecule has 0 bridgehead atoms. The van der Waals surface area contributed by atoms with E-state index in [1.54, 1.807) is 0 Å². The molecule has 4 fully saturated rings. The van der Waals surface area contributed by atoms with Gasteiger partial charge >= 0.3 is 0 Å². The van der Waals surface area contributed by atoms with Crippen molar-refractivity contribution in [1.29, 1.82) is 0 Å². The Labute approximate surface area is 153 Å². The molecule has 2 aliphatic heterocycles. The lowest BCUT2D eigenvalue weighted by atomic mass is 9.79. The van der Waals surface area contributed by atoms with Gasteiger partial charge in [0.2, 0.25) is 11.8 Å². The Morgan fingerprint density at radius 3 is 2.88 bits per heavy atom. The van der Waals surface area contributed by atoms with Gasteiger partial charge in [-0.25, -0.2) is 0 Å². The molecule has 7 nitrogen and oxygen atoms in total. The third-order valence-corrected chi connectivity index (χ3v) is 6.59.